The van der Waals surface area contributed by atoms with E-state index in [-0.39, 0.29) is 5.41 Å². The van der Waals surface area contributed by atoms with Gasteiger partial charge in [0.2, 0.25) is 5.95 Å². The molecule has 5 nitrogen and oxygen atoms in total. The SMILES string of the molecule is CC(C)(C)CCNc1nc(N2CCC(N3CCCCC3)CC2)ncc1-c1ccc(F)cc1F. The van der Waals surface area contributed by atoms with Crippen molar-refractivity contribution in [1.82, 2.24) is 14.9 Å². The van der Waals surface area contributed by atoms with Crippen LogP contribution in [0.15, 0.2) is 24.4 Å². The van der Waals surface area contributed by atoms with E-state index in [0.717, 1.165) is 38.4 Å². The highest BCUT2D eigenvalue weighted by Crippen LogP contribution is 2.32. The van der Waals surface area contributed by atoms with Gasteiger partial charge in [-0.05, 0) is 62.7 Å². The molecule has 33 heavy (non-hydrogen) atoms. The van der Waals surface area contributed by atoms with Crippen LogP contribution < -0.4 is 10.2 Å². The fourth-order valence-electron chi connectivity index (χ4n) is 4.84. The van der Waals surface area contributed by atoms with Gasteiger partial charge in [-0.25, -0.2) is 13.8 Å². The van der Waals surface area contributed by atoms with E-state index in [0.29, 0.717) is 35.5 Å². The standard InChI is InChI=1S/C26H37F2N5/c1-26(2,3)11-12-29-24-22(21-8-7-19(27)17-23(21)28)18-30-25(31-24)33-15-9-20(10-16-33)32-13-5-4-6-14-32/h7-8,17-18,20H,4-6,9-16H2,1-3H3,(H,29,30,31). The summed E-state index contributed by atoms with van der Waals surface area (Å²) < 4.78 is 28.0. The number of nitrogens with one attached hydrogen (secondary N) is 1. The molecule has 1 aromatic heterocycles. The number of rotatable bonds is 6. The predicted molar refractivity (Wildman–Crippen MR) is 131 cm³/mol. The third kappa shape index (κ3) is 6.19. The van der Waals surface area contributed by atoms with Crippen molar-refractivity contribution in [2.75, 3.05) is 42.9 Å². The quantitative estimate of drug-likeness (QED) is 0.601. The Morgan fingerprint density at radius 2 is 1.73 bits per heavy atom. The molecule has 2 fully saturated rings. The first-order valence-corrected chi connectivity index (χ1v) is 12.4. The summed E-state index contributed by atoms with van der Waals surface area (Å²) in [5.41, 5.74) is 1.04. The van der Waals surface area contributed by atoms with E-state index in [1.54, 1.807) is 6.20 Å². The lowest BCUT2D eigenvalue weighted by Crippen LogP contribution is -2.47. The Bertz CT molecular complexity index is 929. The minimum absolute atomic E-state index is 0.167. The highest BCUT2D eigenvalue weighted by atomic mass is 19.1. The molecule has 2 aromatic rings. The van der Waals surface area contributed by atoms with E-state index in [9.17, 15) is 8.78 Å². The molecule has 0 bridgehead atoms. The number of aromatic nitrogens is 2. The number of hydrogen-bond acceptors (Lipinski definition) is 5. The van der Waals surface area contributed by atoms with Gasteiger partial charge >= 0.3 is 0 Å². The Morgan fingerprint density at radius 1 is 1.00 bits per heavy atom. The Kier molecular flexibility index (Phi) is 7.47. The number of hydrogen-bond donors (Lipinski definition) is 1. The van der Waals surface area contributed by atoms with Gasteiger partial charge in [-0.3, -0.25) is 0 Å². The topological polar surface area (TPSA) is 44.3 Å². The van der Waals surface area contributed by atoms with Gasteiger partial charge in [-0.1, -0.05) is 27.2 Å². The number of nitrogens with zero attached hydrogens (tertiary/aromatic N) is 4. The number of piperidine rings is 2. The first kappa shape index (κ1) is 23.9. The molecule has 3 heterocycles. The van der Waals surface area contributed by atoms with Crippen LogP contribution in [0.3, 0.4) is 0 Å². The van der Waals surface area contributed by atoms with E-state index in [2.05, 4.69) is 40.9 Å². The van der Waals surface area contributed by atoms with Crippen LogP contribution in [-0.4, -0.2) is 53.6 Å². The second-order valence-electron chi connectivity index (χ2n) is 10.6. The minimum atomic E-state index is -0.604. The van der Waals surface area contributed by atoms with E-state index < -0.39 is 11.6 Å². The summed E-state index contributed by atoms with van der Waals surface area (Å²) in [6.45, 7) is 11.6. The average molecular weight is 458 g/mol. The second kappa shape index (κ2) is 10.3. The normalized spacial score (nSPS) is 18.5. The van der Waals surface area contributed by atoms with Crippen LogP contribution in [-0.2, 0) is 0 Å². The summed E-state index contributed by atoms with van der Waals surface area (Å²) in [7, 11) is 0. The molecule has 0 saturated carbocycles. The first-order chi connectivity index (χ1) is 15.8. The van der Waals surface area contributed by atoms with Gasteiger partial charge in [0.1, 0.15) is 17.5 Å². The van der Waals surface area contributed by atoms with Crippen molar-refractivity contribution in [3.63, 3.8) is 0 Å². The Labute approximate surface area is 196 Å². The number of likely N-dealkylation sites (tertiary alicyclic amines) is 1. The maximum atomic E-state index is 14.6. The molecule has 0 amide bonds. The third-order valence-electron chi connectivity index (χ3n) is 6.82. The van der Waals surface area contributed by atoms with Crippen molar-refractivity contribution in [2.24, 2.45) is 5.41 Å². The molecule has 4 rings (SSSR count). The van der Waals surface area contributed by atoms with E-state index in [1.807, 2.05) is 0 Å². The molecule has 0 unspecified atom stereocenters. The van der Waals surface area contributed by atoms with Gasteiger partial charge < -0.3 is 15.1 Å². The van der Waals surface area contributed by atoms with Gasteiger partial charge in [-0.15, -0.1) is 0 Å². The largest absolute Gasteiger partial charge is 0.369 e. The van der Waals surface area contributed by atoms with E-state index in [4.69, 9.17) is 4.98 Å². The fourth-order valence-corrected chi connectivity index (χ4v) is 4.84. The van der Waals surface area contributed by atoms with Crippen LogP contribution in [0.25, 0.3) is 11.1 Å². The molecule has 0 radical (unpaired) electrons. The first-order valence-electron chi connectivity index (χ1n) is 12.4. The molecule has 2 aliphatic heterocycles. The maximum Gasteiger partial charge on any atom is 0.227 e. The van der Waals surface area contributed by atoms with E-state index in [1.165, 1.54) is 44.5 Å². The number of anilines is 2. The molecule has 1 N–H and O–H groups in total. The maximum absolute atomic E-state index is 14.6. The zero-order chi connectivity index (χ0) is 23.4. The summed E-state index contributed by atoms with van der Waals surface area (Å²) >= 11 is 0. The van der Waals surface area contributed by atoms with Gasteiger partial charge in [-0.2, -0.15) is 4.98 Å². The molecular formula is C26H37F2N5. The van der Waals surface area contributed by atoms with Crippen molar-refractivity contribution in [3.05, 3.63) is 36.0 Å². The summed E-state index contributed by atoms with van der Waals surface area (Å²) in [6, 6.07) is 4.30. The Hall–Kier alpha value is -2.28. The smallest absolute Gasteiger partial charge is 0.227 e. The Morgan fingerprint density at radius 3 is 2.39 bits per heavy atom. The van der Waals surface area contributed by atoms with Crippen LogP contribution in [0.4, 0.5) is 20.5 Å². The van der Waals surface area contributed by atoms with Gasteiger partial charge in [0.05, 0.1) is 0 Å². The highest BCUT2D eigenvalue weighted by Gasteiger charge is 2.27. The minimum Gasteiger partial charge on any atom is -0.369 e. The van der Waals surface area contributed by atoms with Gasteiger partial charge in [0.15, 0.2) is 0 Å². The lowest BCUT2D eigenvalue weighted by molar-refractivity contribution is 0.141. The van der Waals surface area contributed by atoms with Gasteiger partial charge in [0, 0.05) is 49.1 Å². The van der Waals surface area contributed by atoms with Crippen LogP contribution >= 0.6 is 0 Å². The molecule has 2 aliphatic rings. The molecule has 180 valence electrons. The van der Waals surface area contributed by atoms with Crippen molar-refractivity contribution in [1.29, 1.82) is 0 Å². The molecule has 0 spiro atoms. The van der Waals surface area contributed by atoms with Crippen molar-refractivity contribution in [3.8, 4) is 11.1 Å². The molecule has 1 aromatic carbocycles. The summed E-state index contributed by atoms with van der Waals surface area (Å²) in [6.07, 6.45) is 8.83. The van der Waals surface area contributed by atoms with Crippen LogP contribution in [0.1, 0.15) is 59.3 Å². The molecule has 0 aliphatic carbocycles. The number of halogens is 2. The summed E-state index contributed by atoms with van der Waals surface area (Å²) in [5, 5.41) is 3.40. The summed E-state index contributed by atoms with van der Waals surface area (Å²) in [5.74, 6) is 0.0877. The molecule has 0 atom stereocenters. The monoisotopic (exact) mass is 457 g/mol. The highest BCUT2D eigenvalue weighted by molar-refractivity contribution is 5.75. The predicted octanol–water partition coefficient (Wildman–Crippen LogP) is 5.72. The van der Waals surface area contributed by atoms with Crippen molar-refractivity contribution in [2.45, 2.75) is 65.3 Å². The average Bonchev–Trinajstić information content (AvgIpc) is 2.79. The second-order valence-corrected chi connectivity index (χ2v) is 10.6. The number of benzene rings is 1. The van der Waals surface area contributed by atoms with Gasteiger partial charge in [0.25, 0.3) is 0 Å². The van der Waals surface area contributed by atoms with Crippen LogP contribution in [0.2, 0.25) is 0 Å². The Balaban J connectivity index is 1.52. The lowest BCUT2D eigenvalue weighted by Gasteiger charge is -2.40. The molecule has 2 saturated heterocycles. The zero-order valence-corrected chi connectivity index (χ0v) is 20.2. The fraction of sp³-hybridized carbons (Fsp3) is 0.615. The van der Waals surface area contributed by atoms with Crippen LogP contribution in [0.5, 0.6) is 0 Å². The van der Waals surface area contributed by atoms with E-state index >= 15 is 0 Å². The molecule has 7 heteroatoms. The zero-order valence-electron chi connectivity index (χ0n) is 20.2. The van der Waals surface area contributed by atoms with Crippen molar-refractivity contribution < 1.29 is 8.78 Å². The van der Waals surface area contributed by atoms with Crippen LogP contribution in [0, 0.1) is 17.0 Å². The lowest BCUT2D eigenvalue weighted by atomic mass is 9.92. The molecular weight excluding hydrogens is 420 g/mol. The third-order valence-corrected chi connectivity index (χ3v) is 6.82. The summed E-state index contributed by atoms with van der Waals surface area (Å²) in [4.78, 5) is 14.3. The van der Waals surface area contributed by atoms with Crippen molar-refractivity contribution >= 4 is 11.8 Å².